The maximum absolute atomic E-state index is 5.40. The van der Waals surface area contributed by atoms with Crippen LogP contribution in [0.25, 0.3) is 10.8 Å². The summed E-state index contributed by atoms with van der Waals surface area (Å²) in [5.74, 6) is 1.39. The van der Waals surface area contributed by atoms with Crippen LogP contribution in [0.2, 0.25) is 0 Å². The van der Waals surface area contributed by atoms with Crippen molar-refractivity contribution < 1.29 is 9.47 Å². The summed E-state index contributed by atoms with van der Waals surface area (Å²) in [6.07, 6.45) is 2.45. The number of fused-ring (bicyclic) bond motifs is 1. The maximum Gasteiger partial charge on any atom is 0.161 e. The second-order valence-electron chi connectivity index (χ2n) is 5.21. The van der Waals surface area contributed by atoms with Crippen molar-refractivity contribution >= 4 is 16.5 Å². The summed E-state index contributed by atoms with van der Waals surface area (Å²) in [4.78, 5) is 0. The van der Waals surface area contributed by atoms with Gasteiger partial charge in [0, 0.05) is 29.9 Å². The largest absolute Gasteiger partial charge is 0.493 e. The van der Waals surface area contributed by atoms with E-state index in [1.807, 2.05) is 19.2 Å². The number of nitrogens with zero attached hydrogens (tertiary/aromatic N) is 2. The predicted molar refractivity (Wildman–Crippen MR) is 91.4 cm³/mol. The summed E-state index contributed by atoms with van der Waals surface area (Å²) in [6, 6.07) is 12.2. The molecule has 118 valence electrons. The van der Waals surface area contributed by atoms with Crippen LogP contribution >= 0.6 is 0 Å². The first-order chi connectivity index (χ1) is 11.2. The van der Waals surface area contributed by atoms with E-state index >= 15 is 0 Å². The highest BCUT2D eigenvalue weighted by atomic mass is 16.5. The number of aromatic nitrogens is 2. The Morgan fingerprint density at radius 3 is 2.35 bits per heavy atom. The zero-order valence-electron chi connectivity index (χ0n) is 13.5. The lowest BCUT2D eigenvalue weighted by atomic mass is 10.0. The number of rotatable bonds is 5. The Labute approximate surface area is 135 Å². The molecule has 23 heavy (non-hydrogen) atoms. The first kappa shape index (κ1) is 15.1. The SMILES string of the molecule is CNc1ccc(Cc2nncc3cc(OC)c(OC)cc23)cc1. The van der Waals surface area contributed by atoms with Crippen LogP contribution in [-0.4, -0.2) is 31.5 Å². The summed E-state index contributed by atoms with van der Waals surface area (Å²) in [5.41, 5.74) is 3.19. The number of hydrogen-bond acceptors (Lipinski definition) is 5. The van der Waals surface area contributed by atoms with Gasteiger partial charge in [-0.15, -0.1) is 0 Å². The van der Waals surface area contributed by atoms with Crippen LogP contribution in [0.15, 0.2) is 42.6 Å². The molecule has 0 saturated heterocycles. The maximum atomic E-state index is 5.40. The van der Waals surface area contributed by atoms with Crippen LogP contribution < -0.4 is 14.8 Å². The fourth-order valence-corrected chi connectivity index (χ4v) is 2.58. The third-order valence-electron chi connectivity index (χ3n) is 3.86. The minimum atomic E-state index is 0.692. The quantitative estimate of drug-likeness (QED) is 0.784. The second kappa shape index (κ2) is 6.52. The van der Waals surface area contributed by atoms with Gasteiger partial charge in [0.1, 0.15) is 0 Å². The summed E-state index contributed by atoms with van der Waals surface area (Å²) in [7, 11) is 5.17. The molecule has 0 aliphatic rings. The zero-order chi connectivity index (χ0) is 16.2. The van der Waals surface area contributed by atoms with E-state index in [1.165, 1.54) is 5.56 Å². The molecule has 1 aromatic heterocycles. The Morgan fingerprint density at radius 1 is 1.00 bits per heavy atom. The standard InChI is InChI=1S/C18H19N3O2/c1-19-14-6-4-12(5-7-14)8-16-15-10-18(23-3)17(22-2)9-13(15)11-20-21-16/h4-7,9-11,19H,8H2,1-3H3. The molecular formula is C18H19N3O2. The van der Waals surface area contributed by atoms with Crippen LogP contribution in [0.5, 0.6) is 11.5 Å². The van der Waals surface area contributed by atoms with E-state index in [1.54, 1.807) is 20.4 Å². The third-order valence-corrected chi connectivity index (χ3v) is 3.86. The van der Waals surface area contributed by atoms with Gasteiger partial charge in [0.25, 0.3) is 0 Å². The first-order valence-electron chi connectivity index (χ1n) is 7.38. The van der Waals surface area contributed by atoms with Crippen molar-refractivity contribution in [1.82, 2.24) is 10.2 Å². The first-order valence-corrected chi connectivity index (χ1v) is 7.38. The van der Waals surface area contributed by atoms with Crippen LogP contribution in [0.3, 0.4) is 0 Å². The molecule has 2 aromatic carbocycles. The summed E-state index contributed by atoms with van der Waals surface area (Å²) < 4.78 is 10.7. The molecule has 0 atom stereocenters. The summed E-state index contributed by atoms with van der Waals surface area (Å²) >= 11 is 0. The number of ether oxygens (including phenoxy) is 2. The van der Waals surface area contributed by atoms with Gasteiger partial charge in [-0.25, -0.2) is 0 Å². The minimum Gasteiger partial charge on any atom is -0.493 e. The van der Waals surface area contributed by atoms with Crippen molar-refractivity contribution in [3.8, 4) is 11.5 Å². The molecule has 0 fully saturated rings. The van der Waals surface area contributed by atoms with Crippen molar-refractivity contribution in [3.05, 3.63) is 53.9 Å². The second-order valence-corrected chi connectivity index (χ2v) is 5.21. The molecule has 5 nitrogen and oxygen atoms in total. The van der Waals surface area contributed by atoms with Gasteiger partial charge in [-0.3, -0.25) is 0 Å². The van der Waals surface area contributed by atoms with Gasteiger partial charge in [0.05, 0.1) is 26.1 Å². The monoisotopic (exact) mass is 309 g/mol. The molecular weight excluding hydrogens is 290 g/mol. The van der Waals surface area contributed by atoms with Crippen molar-refractivity contribution in [2.45, 2.75) is 6.42 Å². The molecule has 0 spiro atoms. The average Bonchev–Trinajstić information content (AvgIpc) is 2.61. The number of nitrogens with one attached hydrogen (secondary N) is 1. The molecule has 0 amide bonds. The fourth-order valence-electron chi connectivity index (χ4n) is 2.58. The zero-order valence-corrected chi connectivity index (χ0v) is 13.5. The lowest BCUT2D eigenvalue weighted by Crippen LogP contribution is -1.98. The molecule has 0 unspecified atom stereocenters. The van der Waals surface area contributed by atoms with Crippen LogP contribution in [0.1, 0.15) is 11.3 Å². The van der Waals surface area contributed by atoms with Crippen LogP contribution in [0, 0.1) is 0 Å². The van der Waals surface area contributed by atoms with E-state index in [-0.39, 0.29) is 0 Å². The Balaban J connectivity index is 2.02. The fraction of sp³-hybridized carbons (Fsp3) is 0.222. The van der Waals surface area contributed by atoms with Gasteiger partial charge < -0.3 is 14.8 Å². The van der Waals surface area contributed by atoms with Gasteiger partial charge in [0.2, 0.25) is 0 Å². The molecule has 1 heterocycles. The summed E-state index contributed by atoms with van der Waals surface area (Å²) in [5, 5.41) is 13.6. The van der Waals surface area contributed by atoms with E-state index in [2.05, 4.69) is 39.8 Å². The van der Waals surface area contributed by atoms with Gasteiger partial charge in [0.15, 0.2) is 11.5 Å². The van der Waals surface area contributed by atoms with E-state index in [0.717, 1.165) is 22.2 Å². The number of benzene rings is 2. The van der Waals surface area contributed by atoms with Crippen LogP contribution in [0.4, 0.5) is 5.69 Å². The van der Waals surface area contributed by atoms with Crippen molar-refractivity contribution in [3.63, 3.8) is 0 Å². The molecule has 3 rings (SSSR count). The van der Waals surface area contributed by atoms with Crippen molar-refractivity contribution in [1.29, 1.82) is 0 Å². The number of anilines is 1. The lowest BCUT2D eigenvalue weighted by Gasteiger charge is -2.11. The number of methoxy groups -OCH3 is 2. The lowest BCUT2D eigenvalue weighted by molar-refractivity contribution is 0.356. The van der Waals surface area contributed by atoms with E-state index in [9.17, 15) is 0 Å². The van der Waals surface area contributed by atoms with Gasteiger partial charge in [-0.2, -0.15) is 10.2 Å². The summed E-state index contributed by atoms with van der Waals surface area (Å²) in [6.45, 7) is 0. The van der Waals surface area contributed by atoms with Gasteiger partial charge in [-0.05, 0) is 29.8 Å². The van der Waals surface area contributed by atoms with Crippen molar-refractivity contribution in [2.75, 3.05) is 26.6 Å². The predicted octanol–water partition coefficient (Wildman–Crippen LogP) is 3.28. The van der Waals surface area contributed by atoms with E-state index in [4.69, 9.17) is 9.47 Å². The molecule has 5 heteroatoms. The highest BCUT2D eigenvalue weighted by Crippen LogP contribution is 2.33. The highest BCUT2D eigenvalue weighted by Gasteiger charge is 2.11. The smallest absolute Gasteiger partial charge is 0.161 e. The normalized spacial score (nSPS) is 10.6. The minimum absolute atomic E-state index is 0.692. The number of hydrogen-bond donors (Lipinski definition) is 1. The highest BCUT2D eigenvalue weighted by molar-refractivity contribution is 5.87. The average molecular weight is 309 g/mol. The van der Waals surface area contributed by atoms with Gasteiger partial charge >= 0.3 is 0 Å². The molecule has 3 aromatic rings. The van der Waals surface area contributed by atoms with E-state index < -0.39 is 0 Å². The molecule has 0 radical (unpaired) electrons. The Kier molecular flexibility index (Phi) is 4.28. The van der Waals surface area contributed by atoms with Gasteiger partial charge in [-0.1, -0.05) is 12.1 Å². The molecule has 0 aliphatic carbocycles. The topological polar surface area (TPSA) is 56.3 Å². The molecule has 0 saturated carbocycles. The van der Waals surface area contributed by atoms with E-state index in [0.29, 0.717) is 17.9 Å². The molecule has 0 aliphatic heterocycles. The molecule has 1 N–H and O–H groups in total. The Bertz CT molecular complexity index is 816. The third kappa shape index (κ3) is 3.04. The Hall–Kier alpha value is -2.82. The Morgan fingerprint density at radius 2 is 1.70 bits per heavy atom. The van der Waals surface area contributed by atoms with Crippen LogP contribution in [-0.2, 0) is 6.42 Å². The molecule has 0 bridgehead atoms. The van der Waals surface area contributed by atoms with Crippen molar-refractivity contribution in [2.24, 2.45) is 0 Å².